The zero-order chi connectivity index (χ0) is 12.3. The number of aromatic nitrogens is 4. The molecule has 0 aliphatic carbocycles. The molecular formula is C12H19N5. The van der Waals surface area contributed by atoms with E-state index in [0.717, 1.165) is 24.4 Å². The van der Waals surface area contributed by atoms with Crippen LogP contribution in [0, 0.1) is 0 Å². The minimum Gasteiger partial charge on any atom is -0.336 e. The summed E-state index contributed by atoms with van der Waals surface area (Å²) in [5.74, 6) is 0. The fourth-order valence-electron chi connectivity index (χ4n) is 1.88. The lowest BCUT2D eigenvalue weighted by Gasteiger charge is -2.16. The average Bonchev–Trinajstić information content (AvgIpc) is 2.90. The van der Waals surface area contributed by atoms with Crippen molar-refractivity contribution in [2.45, 2.75) is 19.4 Å². The van der Waals surface area contributed by atoms with E-state index in [4.69, 9.17) is 0 Å². The van der Waals surface area contributed by atoms with Crippen molar-refractivity contribution in [2.75, 3.05) is 6.54 Å². The Morgan fingerprint density at radius 3 is 2.76 bits per heavy atom. The molecule has 5 nitrogen and oxygen atoms in total. The first-order valence-electron chi connectivity index (χ1n) is 5.91. The Labute approximate surface area is 101 Å². The molecule has 5 heteroatoms. The second-order valence-electron chi connectivity index (χ2n) is 4.23. The lowest BCUT2D eigenvalue weighted by molar-refractivity contribution is 0.550. The molecule has 1 unspecified atom stereocenters. The molecule has 0 aliphatic rings. The summed E-state index contributed by atoms with van der Waals surface area (Å²) < 4.78 is 3.86. The van der Waals surface area contributed by atoms with E-state index in [2.05, 4.69) is 22.3 Å². The molecule has 2 aromatic rings. The lowest BCUT2D eigenvalue weighted by Crippen LogP contribution is -2.25. The van der Waals surface area contributed by atoms with Crippen molar-refractivity contribution in [3.8, 4) is 0 Å². The van der Waals surface area contributed by atoms with Gasteiger partial charge < -0.3 is 9.88 Å². The zero-order valence-corrected chi connectivity index (χ0v) is 10.6. The van der Waals surface area contributed by atoms with Crippen molar-refractivity contribution in [1.82, 2.24) is 24.6 Å². The van der Waals surface area contributed by atoms with Gasteiger partial charge in [-0.05, 0) is 19.0 Å². The highest BCUT2D eigenvalue weighted by molar-refractivity contribution is 5.19. The number of nitrogens with zero attached hydrogens (tertiary/aromatic N) is 4. The fraction of sp³-hybridized carbons (Fsp3) is 0.500. The zero-order valence-electron chi connectivity index (χ0n) is 10.6. The molecule has 0 bridgehead atoms. The van der Waals surface area contributed by atoms with Crippen molar-refractivity contribution in [3.05, 3.63) is 36.2 Å². The summed E-state index contributed by atoms with van der Waals surface area (Å²) in [6.07, 6.45) is 6.77. The van der Waals surface area contributed by atoms with Crippen molar-refractivity contribution in [3.63, 3.8) is 0 Å². The third-order valence-corrected chi connectivity index (χ3v) is 2.78. The Bertz CT molecular complexity index is 471. The van der Waals surface area contributed by atoms with E-state index in [1.165, 1.54) is 0 Å². The normalized spacial score (nSPS) is 12.9. The molecule has 2 rings (SSSR count). The Hall–Kier alpha value is -1.62. The van der Waals surface area contributed by atoms with E-state index in [-0.39, 0.29) is 6.04 Å². The summed E-state index contributed by atoms with van der Waals surface area (Å²) >= 11 is 0. The SMILES string of the molecule is CCCNC(c1ccn(C)n1)c1cncn1C. The average molecular weight is 233 g/mol. The predicted octanol–water partition coefficient (Wildman–Crippen LogP) is 1.24. The van der Waals surface area contributed by atoms with Crippen LogP contribution in [0.15, 0.2) is 24.8 Å². The highest BCUT2D eigenvalue weighted by atomic mass is 15.3. The summed E-state index contributed by atoms with van der Waals surface area (Å²) in [5, 5.41) is 7.98. The molecule has 0 saturated heterocycles. The molecule has 1 N–H and O–H groups in total. The maximum absolute atomic E-state index is 4.47. The second-order valence-corrected chi connectivity index (χ2v) is 4.23. The maximum Gasteiger partial charge on any atom is 0.0946 e. The van der Waals surface area contributed by atoms with Crippen LogP contribution < -0.4 is 5.32 Å². The van der Waals surface area contributed by atoms with Crippen LogP contribution in [0.5, 0.6) is 0 Å². The molecule has 0 spiro atoms. The summed E-state index contributed by atoms with van der Waals surface area (Å²) in [4.78, 5) is 4.17. The van der Waals surface area contributed by atoms with E-state index in [1.54, 1.807) is 0 Å². The standard InChI is InChI=1S/C12H19N5/c1-4-6-14-12(10-5-7-17(3)15-10)11-8-13-9-16(11)2/h5,7-9,12,14H,4,6H2,1-3H3. The van der Waals surface area contributed by atoms with Gasteiger partial charge in [0.05, 0.1) is 30.0 Å². The van der Waals surface area contributed by atoms with Crippen LogP contribution >= 0.6 is 0 Å². The Kier molecular flexibility index (Phi) is 3.58. The van der Waals surface area contributed by atoms with Gasteiger partial charge in [0.25, 0.3) is 0 Å². The van der Waals surface area contributed by atoms with Gasteiger partial charge in [-0.15, -0.1) is 0 Å². The summed E-state index contributed by atoms with van der Waals surface area (Å²) in [7, 11) is 3.94. The van der Waals surface area contributed by atoms with Gasteiger partial charge >= 0.3 is 0 Å². The molecular weight excluding hydrogens is 214 g/mol. The number of rotatable bonds is 5. The van der Waals surface area contributed by atoms with Crippen LogP contribution in [-0.4, -0.2) is 25.9 Å². The summed E-state index contributed by atoms with van der Waals surface area (Å²) in [6, 6.07) is 2.16. The predicted molar refractivity (Wildman–Crippen MR) is 66.6 cm³/mol. The second kappa shape index (κ2) is 5.14. The van der Waals surface area contributed by atoms with Crippen LogP contribution in [0.2, 0.25) is 0 Å². The van der Waals surface area contributed by atoms with Crippen molar-refractivity contribution in [1.29, 1.82) is 0 Å². The van der Waals surface area contributed by atoms with Gasteiger partial charge in [-0.2, -0.15) is 5.10 Å². The number of hydrogen-bond donors (Lipinski definition) is 1. The maximum atomic E-state index is 4.47. The summed E-state index contributed by atoms with van der Waals surface area (Å²) in [5.41, 5.74) is 2.17. The first-order chi connectivity index (χ1) is 8.22. The molecule has 0 saturated carbocycles. The molecule has 92 valence electrons. The minimum atomic E-state index is 0.114. The number of hydrogen-bond acceptors (Lipinski definition) is 3. The van der Waals surface area contributed by atoms with Gasteiger partial charge in [-0.1, -0.05) is 6.92 Å². The molecule has 0 fully saturated rings. The largest absolute Gasteiger partial charge is 0.336 e. The van der Waals surface area contributed by atoms with Gasteiger partial charge in [-0.25, -0.2) is 4.98 Å². The Morgan fingerprint density at radius 2 is 2.24 bits per heavy atom. The third kappa shape index (κ3) is 2.55. The molecule has 2 heterocycles. The molecule has 1 atom stereocenters. The summed E-state index contributed by atoms with van der Waals surface area (Å²) in [6.45, 7) is 3.12. The van der Waals surface area contributed by atoms with Crippen LogP contribution in [0.4, 0.5) is 0 Å². The van der Waals surface area contributed by atoms with E-state index >= 15 is 0 Å². The number of nitrogens with one attached hydrogen (secondary N) is 1. The van der Waals surface area contributed by atoms with Crippen LogP contribution in [0.1, 0.15) is 30.8 Å². The van der Waals surface area contributed by atoms with E-state index in [1.807, 2.05) is 48.1 Å². The van der Waals surface area contributed by atoms with Crippen LogP contribution in [-0.2, 0) is 14.1 Å². The minimum absolute atomic E-state index is 0.114. The van der Waals surface area contributed by atoms with Gasteiger partial charge in [0, 0.05) is 20.3 Å². The quantitative estimate of drug-likeness (QED) is 0.845. The van der Waals surface area contributed by atoms with E-state index < -0.39 is 0 Å². The first kappa shape index (κ1) is 11.9. The van der Waals surface area contributed by atoms with E-state index in [9.17, 15) is 0 Å². The topological polar surface area (TPSA) is 47.7 Å². The van der Waals surface area contributed by atoms with Gasteiger partial charge in [0.1, 0.15) is 0 Å². The smallest absolute Gasteiger partial charge is 0.0946 e. The Morgan fingerprint density at radius 1 is 1.41 bits per heavy atom. The lowest BCUT2D eigenvalue weighted by atomic mass is 10.1. The number of imidazole rings is 1. The molecule has 0 aliphatic heterocycles. The molecule has 0 aromatic carbocycles. The molecule has 17 heavy (non-hydrogen) atoms. The van der Waals surface area contributed by atoms with Crippen molar-refractivity contribution < 1.29 is 0 Å². The molecule has 0 amide bonds. The van der Waals surface area contributed by atoms with Gasteiger partial charge in [0.15, 0.2) is 0 Å². The fourth-order valence-corrected chi connectivity index (χ4v) is 1.88. The first-order valence-corrected chi connectivity index (χ1v) is 5.91. The van der Waals surface area contributed by atoms with Crippen molar-refractivity contribution in [2.24, 2.45) is 14.1 Å². The molecule has 2 aromatic heterocycles. The van der Waals surface area contributed by atoms with Gasteiger partial charge in [-0.3, -0.25) is 4.68 Å². The van der Waals surface area contributed by atoms with Crippen molar-refractivity contribution >= 4 is 0 Å². The third-order valence-electron chi connectivity index (χ3n) is 2.78. The molecule has 0 radical (unpaired) electrons. The van der Waals surface area contributed by atoms with Gasteiger partial charge in [0.2, 0.25) is 0 Å². The number of aryl methyl sites for hydroxylation is 2. The highest BCUT2D eigenvalue weighted by Gasteiger charge is 2.18. The van der Waals surface area contributed by atoms with E-state index in [0.29, 0.717) is 0 Å². The Balaban J connectivity index is 2.28. The van der Waals surface area contributed by atoms with Crippen LogP contribution in [0.3, 0.4) is 0 Å². The van der Waals surface area contributed by atoms with Crippen LogP contribution in [0.25, 0.3) is 0 Å². The monoisotopic (exact) mass is 233 g/mol. The highest BCUT2D eigenvalue weighted by Crippen LogP contribution is 2.19.